The van der Waals surface area contributed by atoms with Gasteiger partial charge in [-0.2, -0.15) is 9.67 Å². The summed E-state index contributed by atoms with van der Waals surface area (Å²) in [5, 5.41) is 11.2. The van der Waals surface area contributed by atoms with Crippen LogP contribution in [-0.4, -0.2) is 81.6 Å². The van der Waals surface area contributed by atoms with Crippen LogP contribution in [0.4, 0.5) is 15.1 Å². The Morgan fingerprint density at radius 2 is 2.19 bits per heavy atom. The standard InChI is InChI=1S/C18H21FN10O8P2S3/c19-10-7(4-34-38)36-16(29-14-11(25-27-29)15(30)24-17(20)23-14)12(10)37-39(32,41)35-5-9-22-13(8-3-21-6-42-8)26-28(9)1-2-33-18(31)40/h3,6-7,10,12,16H,1-2,4-5,38H2,(H,31,40)(H,32,41)(H3,20,23,24,30)/t7-,10-,12-,16-,39?/m1/s1. The minimum atomic E-state index is -4.36. The number of alkyl halides is 1. The highest BCUT2D eigenvalue weighted by molar-refractivity contribution is 8.44. The van der Waals surface area contributed by atoms with Gasteiger partial charge in [-0.15, -0.1) is 21.5 Å². The van der Waals surface area contributed by atoms with E-state index in [1.165, 1.54) is 16.0 Å². The van der Waals surface area contributed by atoms with Crippen LogP contribution >= 0.6 is 52.5 Å². The van der Waals surface area contributed by atoms with Crippen molar-refractivity contribution in [3.05, 3.63) is 27.9 Å². The predicted octanol–water partition coefficient (Wildman–Crippen LogP) is 1.56. The predicted molar refractivity (Wildman–Crippen MR) is 153 cm³/mol. The van der Waals surface area contributed by atoms with Gasteiger partial charge in [0.2, 0.25) is 5.95 Å². The number of hydrogen-bond acceptors (Lipinski definition) is 16. The molecular formula is C18H21FN10O8P2S3. The molecular weight excluding hydrogens is 661 g/mol. The molecule has 4 aromatic heterocycles. The molecule has 42 heavy (non-hydrogen) atoms. The van der Waals surface area contributed by atoms with E-state index >= 15 is 4.39 Å². The maximum absolute atomic E-state index is 15.6. The molecule has 18 nitrogen and oxygen atoms in total. The molecule has 3 N–H and O–H groups in total. The number of thiol groups is 2. The number of thiazole rings is 1. The first-order valence-corrected chi connectivity index (χ1v) is 16.1. The second-order valence-electron chi connectivity index (χ2n) is 8.37. The molecule has 0 saturated carbocycles. The number of aromatic nitrogens is 9. The van der Waals surface area contributed by atoms with Crippen LogP contribution in [0.2, 0.25) is 0 Å². The number of H-pyrrole nitrogens is 1. The molecule has 0 bridgehead atoms. The van der Waals surface area contributed by atoms with Gasteiger partial charge in [0.25, 0.3) is 5.56 Å². The van der Waals surface area contributed by atoms with Crippen LogP contribution < -0.4 is 11.3 Å². The summed E-state index contributed by atoms with van der Waals surface area (Å²) in [7, 11) is 1.97. The van der Waals surface area contributed by atoms with E-state index in [1.807, 2.05) is 9.47 Å². The number of carbonyl (C=O) groups excluding carboxylic acids is 1. The molecule has 0 spiro atoms. The monoisotopic (exact) mass is 682 g/mol. The zero-order chi connectivity index (χ0) is 30.0. The van der Waals surface area contributed by atoms with E-state index in [1.54, 1.807) is 11.7 Å². The van der Waals surface area contributed by atoms with Gasteiger partial charge in [-0.3, -0.25) is 23.8 Å². The normalized spacial score (nSPS) is 22.0. The van der Waals surface area contributed by atoms with Crippen LogP contribution in [0.1, 0.15) is 12.1 Å². The Morgan fingerprint density at radius 3 is 2.90 bits per heavy atom. The van der Waals surface area contributed by atoms with Gasteiger partial charge in [-0.05, 0) is 0 Å². The van der Waals surface area contributed by atoms with Crippen molar-refractivity contribution in [3.8, 4) is 10.7 Å². The number of hydrogen-bond donors (Lipinski definition) is 4. The molecule has 226 valence electrons. The van der Waals surface area contributed by atoms with Crippen molar-refractivity contribution in [2.24, 2.45) is 0 Å². The molecule has 4 aromatic rings. The zero-order valence-electron chi connectivity index (χ0n) is 20.9. The van der Waals surface area contributed by atoms with E-state index in [9.17, 15) is 14.2 Å². The quantitative estimate of drug-likeness (QED) is 0.0945. The number of nitrogens with two attached hydrogens (primary N) is 1. The summed E-state index contributed by atoms with van der Waals surface area (Å²) < 4.78 is 57.8. The van der Waals surface area contributed by atoms with Crippen LogP contribution in [0, 0.1) is 0 Å². The number of fused-ring (bicyclic) bond motifs is 1. The van der Waals surface area contributed by atoms with E-state index in [0.717, 1.165) is 4.68 Å². The fourth-order valence-corrected chi connectivity index (χ4v) is 6.09. The number of halogens is 1. The van der Waals surface area contributed by atoms with Gasteiger partial charge in [0.05, 0.1) is 23.5 Å². The lowest BCUT2D eigenvalue weighted by atomic mass is 10.1. The summed E-state index contributed by atoms with van der Waals surface area (Å²) in [6.45, 7) is -5.07. The van der Waals surface area contributed by atoms with E-state index < -0.39 is 48.9 Å². The lowest BCUT2D eigenvalue weighted by Gasteiger charge is -2.23. The molecule has 1 aliphatic rings. The first-order chi connectivity index (χ1) is 20.1. The van der Waals surface area contributed by atoms with Crippen LogP contribution in [0.5, 0.6) is 0 Å². The number of anilines is 1. The second kappa shape index (κ2) is 13.0. The van der Waals surface area contributed by atoms with Crippen molar-refractivity contribution in [3.63, 3.8) is 0 Å². The molecule has 6 atom stereocenters. The molecule has 0 radical (unpaired) electrons. The maximum Gasteiger partial charge on any atom is 0.387 e. The van der Waals surface area contributed by atoms with E-state index in [4.69, 9.17) is 28.8 Å². The van der Waals surface area contributed by atoms with Crippen molar-refractivity contribution in [2.45, 2.75) is 37.8 Å². The SMILES string of the molecule is Nc1nc2c(nnn2[C@@H]2O[C@H](COP)[C@@H](F)[C@H]2OP(=O)(S)OCc2nc(-c3cncs3)nn2CCOC(=O)S)c(=O)[nH]1. The minimum absolute atomic E-state index is 0.0605. The average molecular weight is 683 g/mol. The number of nitrogens with zero attached hydrogens (tertiary/aromatic N) is 8. The van der Waals surface area contributed by atoms with Crippen molar-refractivity contribution in [1.29, 1.82) is 0 Å². The van der Waals surface area contributed by atoms with E-state index in [2.05, 4.69) is 60.2 Å². The number of rotatable bonds is 12. The largest absolute Gasteiger partial charge is 0.456 e. The van der Waals surface area contributed by atoms with Crippen LogP contribution in [0.15, 0.2) is 16.5 Å². The number of ether oxygens (including phenoxy) is 2. The Bertz CT molecular complexity index is 1670. The second-order valence-corrected chi connectivity index (χ2v) is 12.8. The summed E-state index contributed by atoms with van der Waals surface area (Å²) in [6, 6.07) is 0. The molecule has 0 aliphatic carbocycles. The highest BCUT2D eigenvalue weighted by atomic mass is 32.7. The fraction of sp³-hybridized carbons (Fsp3) is 0.444. The van der Waals surface area contributed by atoms with Crippen LogP contribution in [0.3, 0.4) is 0 Å². The van der Waals surface area contributed by atoms with E-state index in [0.29, 0.717) is 4.88 Å². The van der Waals surface area contributed by atoms with Gasteiger partial charge in [0.15, 0.2) is 35.2 Å². The third kappa shape index (κ3) is 6.81. The smallest absolute Gasteiger partial charge is 0.387 e. The topological polar surface area (TPSA) is 226 Å². The molecule has 24 heteroatoms. The number of aromatic amines is 1. The Morgan fingerprint density at radius 1 is 1.38 bits per heavy atom. The van der Waals surface area contributed by atoms with Crippen molar-refractivity contribution >= 4 is 74.9 Å². The average Bonchev–Trinajstić information content (AvgIpc) is 3.72. The van der Waals surface area contributed by atoms with Gasteiger partial charge in [0, 0.05) is 15.7 Å². The fourth-order valence-electron chi connectivity index (χ4n) is 3.90. The van der Waals surface area contributed by atoms with E-state index in [-0.39, 0.29) is 48.5 Å². The van der Waals surface area contributed by atoms with Gasteiger partial charge in [-0.25, -0.2) is 23.4 Å². The van der Waals surface area contributed by atoms with Gasteiger partial charge in [-0.1, -0.05) is 30.1 Å². The van der Waals surface area contributed by atoms with Crippen molar-refractivity contribution in [2.75, 3.05) is 18.9 Å². The summed E-state index contributed by atoms with van der Waals surface area (Å²) in [5.41, 5.74) is 6.23. The first-order valence-electron chi connectivity index (χ1n) is 11.6. The first kappa shape index (κ1) is 30.9. The zero-order valence-corrected chi connectivity index (χ0v) is 25.6. The molecule has 1 saturated heterocycles. The Labute approximate surface area is 251 Å². The molecule has 2 unspecified atom stereocenters. The Balaban J connectivity index is 1.37. The molecule has 0 aromatic carbocycles. The van der Waals surface area contributed by atoms with Gasteiger partial charge < -0.3 is 19.7 Å². The third-order valence-electron chi connectivity index (χ3n) is 5.66. The van der Waals surface area contributed by atoms with Gasteiger partial charge >= 0.3 is 12.1 Å². The summed E-state index contributed by atoms with van der Waals surface area (Å²) in [5.74, 6) is 0.205. The molecule has 1 fully saturated rings. The van der Waals surface area contributed by atoms with Crippen molar-refractivity contribution < 1.29 is 36.8 Å². The molecule has 5 rings (SSSR count). The summed E-state index contributed by atoms with van der Waals surface area (Å²) >= 11 is 8.87. The number of nitrogens with one attached hydrogen (secondary N) is 1. The Kier molecular flexibility index (Phi) is 9.55. The molecule has 5 heterocycles. The minimum Gasteiger partial charge on any atom is -0.456 e. The molecule has 1 aliphatic heterocycles. The number of nitrogen functional groups attached to an aromatic ring is 1. The lowest BCUT2D eigenvalue weighted by Crippen LogP contribution is -2.32. The van der Waals surface area contributed by atoms with Gasteiger partial charge in [0.1, 0.15) is 25.4 Å². The van der Waals surface area contributed by atoms with Crippen molar-refractivity contribution in [1.82, 2.24) is 44.7 Å². The van der Waals surface area contributed by atoms with Crippen LogP contribution in [-0.2, 0) is 40.8 Å². The lowest BCUT2D eigenvalue weighted by molar-refractivity contribution is -0.0486. The van der Waals surface area contributed by atoms with Crippen LogP contribution in [0.25, 0.3) is 21.9 Å². The summed E-state index contributed by atoms with van der Waals surface area (Å²) in [4.78, 5) is 38.5. The number of carbonyl (C=O) groups is 1. The highest BCUT2D eigenvalue weighted by Crippen LogP contribution is 2.57. The Hall–Kier alpha value is -2.55. The third-order valence-corrected chi connectivity index (χ3v) is 8.35. The maximum atomic E-state index is 15.6. The molecule has 0 amide bonds. The summed E-state index contributed by atoms with van der Waals surface area (Å²) in [6.07, 6.45) is -4.63. The highest BCUT2D eigenvalue weighted by Gasteiger charge is 2.51.